The number of nitriles is 1. The van der Waals surface area contributed by atoms with E-state index in [2.05, 4.69) is 0 Å². The molecule has 1 amide bonds. The topological polar surface area (TPSA) is 96.0 Å². The van der Waals surface area contributed by atoms with Crippen LogP contribution in [0.2, 0.25) is 0 Å². The molecular weight excluding hydrogens is 198 g/mol. The van der Waals surface area contributed by atoms with E-state index in [9.17, 15) is 14.9 Å². The molecule has 0 heterocycles. The number of carbonyl (C=O) groups is 1. The highest BCUT2D eigenvalue weighted by atomic mass is 16.6. The van der Waals surface area contributed by atoms with Gasteiger partial charge in [-0.3, -0.25) is 20.2 Å². The van der Waals surface area contributed by atoms with Gasteiger partial charge >= 0.3 is 0 Å². The maximum atomic E-state index is 11.2. The number of hydrogen-bond donors (Lipinski definition) is 1. The monoisotopic (exact) mass is 205 g/mol. The van der Waals surface area contributed by atoms with Crippen molar-refractivity contribution in [2.24, 2.45) is 0 Å². The van der Waals surface area contributed by atoms with E-state index >= 15 is 0 Å². The summed E-state index contributed by atoms with van der Waals surface area (Å²) in [6.45, 7) is 1.64. The molecule has 0 saturated carbocycles. The van der Waals surface area contributed by atoms with E-state index < -0.39 is 10.8 Å². The lowest BCUT2D eigenvalue weighted by molar-refractivity contribution is -0.384. The van der Waals surface area contributed by atoms with Gasteiger partial charge in [-0.1, -0.05) is 0 Å². The molecule has 0 saturated heterocycles. The van der Waals surface area contributed by atoms with Gasteiger partial charge in [0.1, 0.15) is 0 Å². The Morgan fingerprint density at radius 2 is 2.20 bits per heavy atom. The molecule has 0 unspecified atom stereocenters. The van der Waals surface area contributed by atoms with Gasteiger partial charge in [0.2, 0.25) is 0 Å². The Bertz CT molecular complexity index is 462. The zero-order chi connectivity index (χ0) is 11.4. The molecule has 1 rings (SSSR count). The molecule has 15 heavy (non-hydrogen) atoms. The number of benzene rings is 1. The Labute approximate surface area is 85.3 Å². The van der Waals surface area contributed by atoms with Crippen LogP contribution in [0.25, 0.3) is 0 Å². The molecule has 0 aromatic heterocycles. The lowest BCUT2D eigenvalue weighted by Crippen LogP contribution is -2.17. The van der Waals surface area contributed by atoms with Crippen LogP contribution < -0.4 is 5.32 Å². The third-order valence-corrected chi connectivity index (χ3v) is 1.70. The van der Waals surface area contributed by atoms with E-state index in [0.717, 1.165) is 6.07 Å². The Hall–Kier alpha value is -2.42. The Morgan fingerprint density at radius 3 is 2.73 bits per heavy atom. The van der Waals surface area contributed by atoms with Crippen molar-refractivity contribution in [3.05, 3.63) is 39.4 Å². The average Bonchev–Trinajstić information content (AvgIpc) is 2.17. The largest absolute Gasteiger partial charge is 0.270 e. The normalized spacial score (nSPS) is 9.07. The van der Waals surface area contributed by atoms with Gasteiger partial charge < -0.3 is 0 Å². The maximum Gasteiger partial charge on any atom is 0.270 e. The molecule has 0 radical (unpaired) electrons. The van der Waals surface area contributed by atoms with Crippen molar-refractivity contribution in [3.63, 3.8) is 0 Å². The summed E-state index contributed by atoms with van der Waals surface area (Å²) in [5.74, 6) is -0.649. The standard InChI is InChI=1S/C9H7N3O3/c1-6-2-7(9(13)11-5-10)4-8(3-6)12(14)15/h2-4H,1H3,(H,11,13). The van der Waals surface area contributed by atoms with Crippen LogP contribution in [-0.2, 0) is 0 Å². The molecule has 0 spiro atoms. The van der Waals surface area contributed by atoms with Gasteiger partial charge in [0.05, 0.1) is 4.92 Å². The summed E-state index contributed by atoms with van der Waals surface area (Å²) in [6.07, 6.45) is 1.46. The second kappa shape index (κ2) is 4.19. The third kappa shape index (κ3) is 2.51. The first kappa shape index (κ1) is 10.7. The minimum atomic E-state index is -0.649. The lowest BCUT2D eigenvalue weighted by atomic mass is 10.1. The van der Waals surface area contributed by atoms with Gasteiger partial charge in [-0.25, -0.2) is 0 Å². The zero-order valence-electron chi connectivity index (χ0n) is 7.85. The highest BCUT2D eigenvalue weighted by Gasteiger charge is 2.12. The molecule has 76 valence electrons. The molecule has 0 aliphatic rings. The minimum absolute atomic E-state index is 0.100. The van der Waals surface area contributed by atoms with Gasteiger partial charge in [-0.05, 0) is 18.6 Å². The number of aryl methyl sites for hydroxylation is 1. The molecule has 6 nitrogen and oxygen atoms in total. The molecule has 0 fully saturated rings. The summed E-state index contributed by atoms with van der Waals surface area (Å²) in [5, 5.41) is 20.6. The highest BCUT2D eigenvalue weighted by molar-refractivity contribution is 5.95. The molecule has 0 aliphatic heterocycles. The average molecular weight is 205 g/mol. The number of amides is 1. The second-order valence-electron chi connectivity index (χ2n) is 2.88. The summed E-state index contributed by atoms with van der Waals surface area (Å²) >= 11 is 0. The van der Waals surface area contributed by atoms with Gasteiger partial charge in [0, 0.05) is 17.7 Å². The fourth-order valence-electron chi connectivity index (χ4n) is 1.12. The van der Waals surface area contributed by atoms with Crippen LogP contribution in [0.5, 0.6) is 0 Å². The molecule has 1 N–H and O–H groups in total. The first-order valence-corrected chi connectivity index (χ1v) is 4.00. The number of carbonyl (C=O) groups excluding carboxylic acids is 1. The summed E-state index contributed by atoms with van der Waals surface area (Å²) in [7, 11) is 0. The number of nitrogens with one attached hydrogen (secondary N) is 1. The van der Waals surface area contributed by atoms with E-state index in [1.54, 1.807) is 6.92 Å². The van der Waals surface area contributed by atoms with Gasteiger partial charge in [0.15, 0.2) is 6.19 Å². The van der Waals surface area contributed by atoms with Gasteiger partial charge in [-0.15, -0.1) is 0 Å². The summed E-state index contributed by atoms with van der Waals surface area (Å²) in [5.41, 5.74) is 0.522. The van der Waals surface area contributed by atoms with Crippen LogP contribution in [0.15, 0.2) is 18.2 Å². The third-order valence-electron chi connectivity index (χ3n) is 1.70. The van der Waals surface area contributed by atoms with E-state index in [1.807, 2.05) is 5.32 Å². The van der Waals surface area contributed by atoms with Crippen LogP contribution in [-0.4, -0.2) is 10.8 Å². The number of non-ortho nitro benzene ring substituents is 1. The van der Waals surface area contributed by atoms with Crippen molar-refractivity contribution in [1.82, 2.24) is 5.32 Å². The summed E-state index contributed by atoms with van der Waals surface area (Å²) < 4.78 is 0. The van der Waals surface area contributed by atoms with E-state index in [0.29, 0.717) is 5.56 Å². The molecular formula is C9H7N3O3. The van der Waals surface area contributed by atoms with Crippen LogP contribution >= 0.6 is 0 Å². The van der Waals surface area contributed by atoms with Crippen LogP contribution in [0.4, 0.5) is 5.69 Å². The van der Waals surface area contributed by atoms with Crippen molar-refractivity contribution in [2.45, 2.75) is 6.92 Å². The number of rotatable bonds is 2. The van der Waals surface area contributed by atoms with Crippen LogP contribution in [0.3, 0.4) is 0 Å². The van der Waals surface area contributed by atoms with E-state index in [1.165, 1.54) is 18.3 Å². The van der Waals surface area contributed by atoms with E-state index in [-0.39, 0.29) is 11.3 Å². The number of nitro groups is 1. The molecule has 0 atom stereocenters. The van der Waals surface area contributed by atoms with Crippen molar-refractivity contribution in [2.75, 3.05) is 0 Å². The zero-order valence-corrected chi connectivity index (χ0v) is 7.85. The summed E-state index contributed by atoms with van der Waals surface area (Å²) in [6, 6.07) is 3.95. The molecule has 1 aromatic carbocycles. The second-order valence-corrected chi connectivity index (χ2v) is 2.88. The highest BCUT2D eigenvalue weighted by Crippen LogP contribution is 2.16. The lowest BCUT2D eigenvalue weighted by Gasteiger charge is -2.00. The minimum Gasteiger partial charge on any atom is -0.268 e. The maximum absolute atomic E-state index is 11.2. The van der Waals surface area contributed by atoms with Gasteiger partial charge in [0.25, 0.3) is 11.6 Å². The Balaban J connectivity index is 3.15. The van der Waals surface area contributed by atoms with Gasteiger partial charge in [-0.2, -0.15) is 5.26 Å². The van der Waals surface area contributed by atoms with Crippen LogP contribution in [0, 0.1) is 28.5 Å². The predicted molar refractivity (Wildman–Crippen MR) is 50.9 cm³/mol. The quantitative estimate of drug-likeness (QED) is 0.338. The van der Waals surface area contributed by atoms with Crippen molar-refractivity contribution < 1.29 is 9.72 Å². The molecule has 0 aliphatic carbocycles. The fraction of sp³-hybridized carbons (Fsp3) is 0.111. The van der Waals surface area contributed by atoms with Crippen molar-refractivity contribution in [1.29, 1.82) is 5.26 Å². The molecule has 0 bridgehead atoms. The summed E-state index contributed by atoms with van der Waals surface area (Å²) in [4.78, 5) is 21.1. The molecule has 1 aromatic rings. The number of nitrogens with zero attached hydrogens (tertiary/aromatic N) is 2. The Morgan fingerprint density at radius 1 is 1.53 bits per heavy atom. The predicted octanol–water partition coefficient (Wildman–Crippen LogP) is 1.11. The van der Waals surface area contributed by atoms with Crippen molar-refractivity contribution in [3.8, 4) is 6.19 Å². The first-order valence-electron chi connectivity index (χ1n) is 4.00. The smallest absolute Gasteiger partial charge is 0.268 e. The first-order chi connectivity index (χ1) is 7.04. The van der Waals surface area contributed by atoms with Crippen molar-refractivity contribution >= 4 is 11.6 Å². The number of nitro benzene ring substituents is 1. The number of hydrogen-bond acceptors (Lipinski definition) is 4. The molecule has 6 heteroatoms. The van der Waals surface area contributed by atoms with Crippen LogP contribution in [0.1, 0.15) is 15.9 Å². The SMILES string of the molecule is Cc1cc(C(=O)NC#N)cc([N+](=O)[O-])c1. The van der Waals surface area contributed by atoms with E-state index in [4.69, 9.17) is 5.26 Å². The Kier molecular flexibility index (Phi) is 2.98. The fourth-order valence-corrected chi connectivity index (χ4v) is 1.12.